The molecule has 1 aliphatic rings. The Balaban J connectivity index is 1.92. The van der Waals surface area contributed by atoms with Crippen molar-refractivity contribution in [2.45, 2.75) is 45.5 Å². The second kappa shape index (κ2) is 13.6. The second-order valence-corrected chi connectivity index (χ2v) is 8.56. The highest BCUT2D eigenvalue weighted by molar-refractivity contribution is 6.25. The van der Waals surface area contributed by atoms with Crippen LogP contribution in [0.3, 0.4) is 0 Å². The zero-order valence-corrected chi connectivity index (χ0v) is 21.1. The molecule has 0 spiro atoms. The van der Waals surface area contributed by atoms with Gasteiger partial charge < -0.3 is 10.0 Å². The molecule has 1 aliphatic carbocycles. The first kappa shape index (κ1) is 26.4. The summed E-state index contributed by atoms with van der Waals surface area (Å²) in [6.45, 7) is 9.12. The summed E-state index contributed by atoms with van der Waals surface area (Å²) in [6, 6.07) is 10.1. The van der Waals surface area contributed by atoms with Crippen LogP contribution in [0.5, 0.6) is 0 Å². The van der Waals surface area contributed by atoms with E-state index in [-0.39, 0.29) is 6.04 Å². The molecule has 0 bridgehead atoms. The van der Waals surface area contributed by atoms with Crippen LogP contribution in [0.25, 0.3) is 6.20 Å². The monoisotopic (exact) mass is 491 g/mol. The number of benzene rings is 1. The summed E-state index contributed by atoms with van der Waals surface area (Å²) in [5, 5.41) is 23.1. The summed E-state index contributed by atoms with van der Waals surface area (Å²) in [4.78, 5) is 2.14. The van der Waals surface area contributed by atoms with Crippen LogP contribution in [0.15, 0.2) is 96.1 Å². The van der Waals surface area contributed by atoms with E-state index in [0.29, 0.717) is 31.3 Å². The predicted octanol–water partition coefficient (Wildman–Crippen LogP) is 5.89. The highest BCUT2D eigenvalue weighted by Gasteiger charge is 2.24. The molecule has 7 heteroatoms. The lowest BCUT2D eigenvalue weighted by Gasteiger charge is -2.25. The first-order valence-electron chi connectivity index (χ1n) is 11.8. The highest BCUT2D eigenvalue weighted by atomic mass is 35.5. The minimum Gasteiger partial charge on any atom is -0.371 e. The molecule has 0 amide bonds. The Bertz CT molecular complexity index is 1110. The molecule has 0 aliphatic heterocycles. The summed E-state index contributed by atoms with van der Waals surface area (Å²) in [7, 11) is 0. The molecule has 6 nitrogen and oxygen atoms in total. The molecule has 0 radical (unpaired) electrons. The Morgan fingerprint density at radius 1 is 1.26 bits per heavy atom. The lowest BCUT2D eigenvalue weighted by atomic mass is 10.1. The molecule has 1 heterocycles. The van der Waals surface area contributed by atoms with Crippen molar-refractivity contribution in [1.29, 1.82) is 0 Å². The lowest BCUT2D eigenvalue weighted by molar-refractivity contribution is 0.118. The van der Waals surface area contributed by atoms with Gasteiger partial charge in [-0.15, -0.1) is 10.2 Å². The summed E-state index contributed by atoms with van der Waals surface area (Å²) < 4.78 is 1.74. The Morgan fingerprint density at radius 3 is 2.77 bits per heavy atom. The molecule has 3 rings (SSSR count). The van der Waals surface area contributed by atoms with Crippen molar-refractivity contribution in [2.24, 2.45) is 0 Å². The van der Waals surface area contributed by atoms with E-state index in [2.05, 4.69) is 69.5 Å². The topological polar surface area (TPSA) is 66.2 Å². The molecular formula is C28H34ClN5O. The normalized spacial score (nSPS) is 15.7. The molecule has 1 aromatic heterocycles. The van der Waals surface area contributed by atoms with E-state index < -0.39 is 6.23 Å². The van der Waals surface area contributed by atoms with Crippen LogP contribution in [0.1, 0.15) is 44.3 Å². The van der Waals surface area contributed by atoms with Crippen LogP contribution >= 0.6 is 11.6 Å². The Hall–Kier alpha value is -3.19. The number of aliphatic hydroxyl groups excluding tert-OH is 1. The van der Waals surface area contributed by atoms with Crippen LogP contribution in [0.2, 0.25) is 0 Å². The molecule has 2 N–H and O–H groups in total. The number of nitrogens with one attached hydrogen (secondary N) is 1. The second-order valence-electron chi connectivity index (χ2n) is 8.34. The first-order chi connectivity index (χ1) is 17.1. The molecule has 0 fully saturated rings. The van der Waals surface area contributed by atoms with Gasteiger partial charge in [0, 0.05) is 30.9 Å². The third-order valence-electron chi connectivity index (χ3n) is 5.74. The fraction of sp³-hybridized carbons (Fsp3) is 0.286. The standard InChI is InChI=1S/C28H34ClN5O/c1-4-6-18-25(22(3)19-29)30-27(35)26-31-32-28(34(26)5-2)33(21-24-16-12-9-13-17-24)20-23-14-10-7-8-11-15-23/h4-7,9-17,19,25,27,30,35H,2,8,18,20-21H2,1,3H3/b6-4-,22-19+. The molecule has 0 saturated carbocycles. The van der Waals surface area contributed by atoms with Gasteiger partial charge in [0.05, 0.1) is 0 Å². The van der Waals surface area contributed by atoms with Gasteiger partial charge in [-0.25, -0.2) is 0 Å². The van der Waals surface area contributed by atoms with Crippen LogP contribution in [-0.4, -0.2) is 32.5 Å². The van der Waals surface area contributed by atoms with Gasteiger partial charge in [0.2, 0.25) is 5.95 Å². The summed E-state index contributed by atoms with van der Waals surface area (Å²) in [6.07, 6.45) is 16.8. The fourth-order valence-electron chi connectivity index (χ4n) is 3.82. The zero-order chi connectivity index (χ0) is 25.0. The number of aliphatic hydroxyl groups is 1. The molecule has 1 aromatic carbocycles. The van der Waals surface area contributed by atoms with E-state index in [9.17, 15) is 5.11 Å². The number of nitrogens with zero attached hydrogens (tertiary/aromatic N) is 4. The van der Waals surface area contributed by atoms with Crippen molar-refractivity contribution in [1.82, 2.24) is 20.1 Å². The predicted molar refractivity (Wildman–Crippen MR) is 146 cm³/mol. The number of anilines is 1. The van der Waals surface area contributed by atoms with Crippen molar-refractivity contribution in [3.8, 4) is 0 Å². The van der Waals surface area contributed by atoms with Gasteiger partial charge in [0.15, 0.2) is 12.1 Å². The van der Waals surface area contributed by atoms with Crippen molar-refractivity contribution >= 4 is 23.7 Å². The minimum atomic E-state index is -1.06. The van der Waals surface area contributed by atoms with E-state index in [1.54, 1.807) is 10.8 Å². The molecule has 184 valence electrons. The largest absolute Gasteiger partial charge is 0.371 e. The molecule has 2 aromatic rings. The van der Waals surface area contributed by atoms with Crippen molar-refractivity contribution in [3.63, 3.8) is 0 Å². The summed E-state index contributed by atoms with van der Waals surface area (Å²) in [5.74, 6) is 0.975. The third kappa shape index (κ3) is 7.39. The number of aromatic nitrogens is 3. The molecule has 35 heavy (non-hydrogen) atoms. The molecule has 2 unspecified atom stereocenters. The van der Waals surface area contributed by atoms with Gasteiger partial charge >= 0.3 is 0 Å². The zero-order valence-electron chi connectivity index (χ0n) is 20.4. The van der Waals surface area contributed by atoms with E-state index in [4.69, 9.17) is 11.6 Å². The maximum atomic E-state index is 11.1. The summed E-state index contributed by atoms with van der Waals surface area (Å²) >= 11 is 5.96. The van der Waals surface area contributed by atoms with Gasteiger partial charge in [0.1, 0.15) is 0 Å². The van der Waals surface area contributed by atoms with Gasteiger partial charge in [-0.3, -0.25) is 9.88 Å². The van der Waals surface area contributed by atoms with Crippen molar-refractivity contribution in [2.75, 3.05) is 11.4 Å². The smallest absolute Gasteiger partial charge is 0.232 e. The molecular weight excluding hydrogens is 458 g/mol. The Morgan fingerprint density at radius 2 is 2.06 bits per heavy atom. The maximum absolute atomic E-state index is 11.1. The number of hydrogen-bond acceptors (Lipinski definition) is 5. The SMILES string of the molecule is C=Cn1c(C(O)NC(C/C=C\C)/C(C)=C/Cl)nnc1N(CC1=CC=CCC=C1)Cc1ccccc1. The van der Waals surface area contributed by atoms with Crippen LogP contribution in [0, 0.1) is 0 Å². The molecule has 0 saturated heterocycles. The molecule has 2 atom stereocenters. The minimum absolute atomic E-state index is 0.148. The summed E-state index contributed by atoms with van der Waals surface area (Å²) in [5.41, 5.74) is 4.75. The number of hydrogen-bond donors (Lipinski definition) is 2. The first-order valence-corrected chi connectivity index (χ1v) is 12.2. The van der Waals surface area contributed by atoms with Crippen molar-refractivity contribution < 1.29 is 5.11 Å². The highest BCUT2D eigenvalue weighted by Crippen LogP contribution is 2.23. The van der Waals surface area contributed by atoms with Gasteiger partial charge in [0.25, 0.3) is 0 Å². The number of allylic oxidation sites excluding steroid dienone is 5. The van der Waals surface area contributed by atoms with Crippen molar-refractivity contribution in [3.05, 3.63) is 108 Å². The lowest BCUT2D eigenvalue weighted by Crippen LogP contribution is -2.35. The van der Waals surface area contributed by atoms with Gasteiger partial charge in [-0.2, -0.15) is 0 Å². The average Bonchev–Trinajstić information content (AvgIpc) is 3.15. The van der Waals surface area contributed by atoms with E-state index >= 15 is 0 Å². The average molecular weight is 492 g/mol. The van der Waals surface area contributed by atoms with E-state index in [1.165, 1.54) is 5.54 Å². The van der Waals surface area contributed by atoms with Crippen LogP contribution in [-0.2, 0) is 6.54 Å². The number of rotatable bonds is 12. The Kier molecular flexibility index (Phi) is 10.3. The Labute approximate surface area is 213 Å². The van der Waals surface area contributed by atoms with Gasteiger partial charge in [-0.05, 0) is 43.4 Å². The van der Waals surface area contributed by atoms with E-state index in [0.717, 1.165) is 23.1 Å². The van der Waals surface area contributed by atoms with Crippen LogP contribution in [0.4, 0.5) is 5.95 Å². The quantitative estimate of drug-likeness (QED) is 0.286. The maximum Gasteiger partial charge on any atom is 0.232 e. The van der Waals surface area contributed by atoms with Crippen LogP contribution < -0.4 is 10.2 Å². The van der Waals surface area contributed by atoms with Gasteiger partial charge in [-0.1, -0.05) is 91.0 Å². The number of halogens is 1. The fourth-order valence-corrected chi connectivity index (χ4v) is 3.97. The van der Waals surface area contributed by atoms with E-state index in [1.807, 2.05) is 44.2 Å². The third-order valence-corrected chi connectivity index (χ3v) is 6.09.